The third kappa shape index (κ3) is 5.45. The van der Waals surface area contributed by atoms with Crippen LogP contribution in [0.25, 0.3) is 5.82 Å². The van der Waals surface area contributed by atoms with Crippen molar-refractivity contribution in [2.45, 2.75) is 64.6 Å². The summed E-state index contributed by atoms with van der Waals surface area (Å²) in [6.45, 7) is 9.52. The quantitative estimate of drug-likeness (QED) is 0.400. The van der Waals surface area contributed by atoms with Gasteiger partial charge in [-0.05, 0) is 59.1 Å². The fourth-order valence-electron chi connectivity index (χ4n) is 4.82. The second kappa shape index (κ2) is 9.89. The first-order valence-electron chi connectivity index (χ1n) is 12.7. The lowest BCUT2D eigenvalue weighted by molar-refractivity contribution is -0.219. The van der Waals surface area contributed by atoms with Crippen LogP contribution in [0.15, 0.2) is 35.5 Å². The van der Waals surface area contributed by atoms with Gasteiger partial charge in [-0.15, -0.1) is 5.10 Å². The summed E-state index contributed by atoms with van der Waals surface area (Å²) >= 11 is 0. The van der Waals surface area contributed by atoms with Crippen molar-refractivity contribution in [2.75, 3.05) is 18.1 Å². The predicted molar refractivity (Wildman–Crippen MR) is 141 cm³/mol. The number of ether oxygens (including phenoxy) is 1. The highest BCUT2D eigenvalue weighted by Crippen LogP contribution is 2.39. The largest absolute Gasteiger partial charge is 0.476 e. The van der Waals surface area contributed by atoms with Crippen molar-refractivity contribution in [1.82, 2.24) is 24.5 Å². The minimum absolute atomic E-state index is 0.0365. The first kappa shape index (κ1) is 29.6. The molecule has 0 bridgehead atoms. The van der Waals surface area contributed by atoms with Crippen LogP contribution in [0.5, 0.6) is 5.88 Å². The number of sulfone groups is 1. The maximum absolute atomic E-state index is 13.6. The summed E-state index contributed by atoms with van der Waals surface area (Å²) in [5.74, 6) is 0.632. The van der Waals surface area contributed by atoms with Crippen LogP contribution < -0.4 is 9.64 Å². The van der Waals surface area contributed by atoms with E-state index in [2.05, 4.69) is 22.1 Å². The molecule has 0 unspecified atom stereocenters. The molecular formula is C26H33F3N6O4S. The van der Waals surface area contributed by atoms with Crippen LogP contribution in [0.1, 0.15) is 57.1 Å². The Labute approximate surface area is 231 Å². The molecule has 0 aliphatic carbocycles. The predicted octanol–water partition coefficient (Wildman–Crippen LogP) is 4.52. The molecule has 3 aromatic heterocycles. The van der Waals surface area contributed by atoms with E-state index in [4.69, 9.17) is 4.74 Å². The van der Waals surface area contributed by atoms with Crippen LogP contribution in [0.2, 0.25) is 0 Å². The summed E-state index contributed by atoms with van der Waals surface area (Å²) in [7, 11) is -2.87. The Morgan fingerprint density at radius 2 is 1.85 bits per heavy atom. The highest BCUT2D eigenvalue weighted by Gasteiger charge is 2.48. The number of carbonyl (C=O) groups excluding carboxylic acids is 1. The first-order valence-corrected chi connectivity index (χ1v) is 14.2. The number of nitrogens with zero attached hydrogens (tertiary/aromatic N) is 6. The Balaban J connectivity index is 1.74. The fraction of sp³-hybridized carbons (Fsp3) is 0.538. The van der Waals surface area contributed by atoms with Gasteiger partial charge in [0.15, 0.2) is 5.82 Å². The van der Waals surface area contributed by atoms with E-state index in [-0.39, 0.29) is 39.6 Å². The number of pyridine rings is 1. The average molecular weight is 583 g/mol. The lowest BCUT2D eigenvalue weighted by Gasteiger charge is -2.33. The second-order valence-corrected chi connectivity index (χ2v) is 13.4. The van der Waals surface area contributed by atoms with Gasteiger partial charge in [0.1, 0.15) is 17.3 Å². The van der Waals surface area contributed by atoms with Gasteiger partial charge in [0, 0.05) is 37.6 Å². The van der Waals surface area contributed by atoms with E-state index in [0.29, 0.717) is 6.54 Å². The van der Waals surface area contributed by atoms with E-state index in [1.165, 1.54) is 46.9 Å². The van der Waals surface area contributed by atoms with Crippen LogP contribution >= 0.6 is 0 Å². The molecule has 1 aliphatic rings. The minimum Gasteiger partial charge on any atom is -0.476 e. The summed E-state index contributed by atoms with van der Waals surface area (Å²) in [4.78, 5) is 20.0. The van der Waals surface area contributed by atoms with E-state index < -0.39 is 38.7 Å². The SMILES string of the molecule is Cc1nn(C)cc1S(=O)(=O)C(=O)c1ccc(-n2ccc(OCC(C)(C)C(F)(F)F)n2)nc1N1C[C@@H](C)CC1(C)C. The molecule has 0 saturated carbocycles. The average Bonchev–Trinajstić information content (AvgIpc) is 3.52. The number of hydrogen-bond donors (Lipinski definition) is 0. The molecule has 14 heteroatoms. The molecule has 0 aromatic carbocycles. The van der Waals surface area contributed by atoms with Gasteiger partial charge in [-0.3, -0.25) is 9.48 Å². The molecule has 0 radical (unpaired) electrons. The lowest BCUT2D eigenvalue weighted by atomic mass is 9.94. The van der Waals surface area contributed by atoms with Gasteiger partial charge in [0.05, 0.1) is 16.7 Å². The van der Waals surface area contributed by atoms with Crippen molar-refractivity contribution in [2.24, 2.45) is 18.4 Å². The molecule has 0 amide bonds. The maximum atomic E-state index is 13.6. The molecule has 4 rings (SSSR count). The normalized spacial score (nSPS) is 17.9. The summed E-state index contributed by atoms with van der Waals surface area (Å²) in [6.07, 6.45) is -0.910. The zero-order valence-electron chi connectivity index (χ0n) is 23.4. The molecule has 218 valence electrons. The summed E-state index contributed by atoms with van der Waals surface area (Å²) < 4.78 is 74.3. The third-order valence-electron chi connectivity index (χ3n) is 7.06. The smallest absolute Gasteiger partial charge is 0.397 e. The van der Waals surface area contributed by atoms with Gasteiger partial charge < -0.3 is 9.64 Å². The number of hydrogen-bond acceptors (Lipinski definition) is 8. The second-order valence-electron chi connectivity index (χ2n) is 11.6. The Bertz CT molecular complexity index is 1540. The summed E-state index contributed by atoms with van der Waals surface area (Å²) in [5.41, 5.74) is -2.41. The van der Waals surface area contributed by atoms with E-state index in [0.717, 1.165) is 20.3 Å². The van der Waals surface area contributed by atoms with Crippen LogP contribution in [0, 0.1) is 18.3 Å². The Morgan fingerprint density at radius 1 is 1.18 bits per heavy atom. The van der Waals surface area contributed by atoms with Gasteiger partial charge in [0.25, 0.3) is 5.12 Å². The Morgan fingerprint density at radius 3 is 2.40 bits per heavy atom. The zero-order chi connectivity index (χ0) is 29.8. The molecule has 40 heavy (non-hydrogen) atoms. The topological polar surface area (TPSA) is 112 Å². The Hall–Kier alpha value is -3.42. The van der Waals surface area contributed by atoms with Crippen molar-refractivity contribution >= 4 is 20.8 Å². The van der Waals surface area contributed by atoms with E-state index >= 15 is 0 Å². The number of aromatic nitrogens is 5. The van der Waals surface area contributed by atoms with Crippen molar-refractivity contribution in [3.05, 3.63) is 41.9 Å². The number of aryl methyl sites for hydroxylation is 2. The van der Waals surface area contributed by atoms with Crippen molar-refractivity contribution in [3.8, 4) is 11.7 Å². The molecule has 1 saturated heterocycles. The molecule has 10 nitrogen and oxygen atoms in total. The first-order chi connectivity index (χ1) is 18.3. The molecule has 0 N–H and O–H groups in total. The highest BCUT2D eigenvalue weighted by molar-refractivity contribution is 8.06. The van der Waals surface area contributed by atoms with E-state index in [1.807, 2.05) is 18.7 Å². The molecule has 1 aliphatic heterocycles. The summed E-state index contributed by atoms with van der Waals surface area (Å²) in [5, 5.41) is 7.16. The minimum atomic E-state index is -4.46. The number of halogens is 3. The zero-order valence-corrected chi connectivity index (χ0v) is 24.3. The number of rotatable bonds is 7. The van der Waals surface area contributed by atoms with Crippen LogP contribution in [0.3, 0.4) is 0 Å². The number of alkyl halides is 3. The molecular weight excluding hydrogens is 549 g/mol. The van der Waals surface area contributed by atoms with Gasteiger partial charge in [-0.25, -0.2) is 18.1 Å². The maximum Gasteiger partial charge on any atom is 0.397 e. The van der Waals surface area contributed by atoms with Crippen LogP contribution in [-0.2, 0) is 16.9 Å². The van der Waals surface area contributed by atoms with Gasteiger partial charge in [0.2, 0.25) is 15.7 Å². The fourth-order valence-corrected chi connectivity index (χ4v) is 6.19. The molecule has 0 spiro atoms. The molecule has 1 atom stereocenters. The van der Waals surface area contributed by atoms with Crippen molar-refractivity contribution < 1.29 is 31.1 Å². The van der Waals surface area contributed by atoms with Crippen LogP contribution in [0.4, 0.5) is 19.0 Å². The highest BCUT2D eigenvalue weighted by atomic mass is 32.2. The van der Waals surface area contributed by atoms with Gasteiger partial charge in [-0.1, -0.05) is 6.92 Å². The molecule has 4 heterocycles. The monoisotopic (exact) mass is 582 g/mol. The molecule has 3 aromatic rings. The molecule has 1 fully saturated rings. The standard InChI is InChI=1S/C26H33F3N6O4S/c1-16-12-25(5,6)34(13-16)22-18(23(36)40(37,38)19-14-33(7)31-17(19)2)8-9-20(30-22)35-11-10-21(32-35)39-15-24(3,4)26(27,28)29/h8-11,14,16H,12-13,15H2,1-7H3/t16-/m0/s1. The van der Waals surface area contributed by atoms with Crippen molar-refractivity contribution in [3.63, 3.8) is 0 Å². The number of carbonyl (C=O) groups is 1. The van der Waals surface area contributed by atoms with Gasteiger partial charge in [-0.2, -0.15) is 18.3 Å². The van der Waals surface area contributed by atoms with Crippen molar-refractivity contribution in [1.29, 1.82) is 0 Å². The van der Waals surface area contributed by atoms with Crippen LogP contribution in [-0.4, -0.2) is 62.9 Å². The lowest BCUT2D eigenvalue weighted by Crippen LogP contribution is -2.40. The van der Waals surface area contributed by atoms with E-state index in [1.54, 1.807) is 7.05 Å². The number of anilines is 1. The van der Waals surface area contributed by atoms with E-state index in [9.17, 15) is 26.4 Å². The summed E-state index contributed by atoms with van der Waals surface area (Å²) in [6, 6.07) is 4.23. The van der Waals surface area contributed by atoms with Gasteiger partial charge >= 0.3 is 6.18 Å². The third-order valence-corrected chi connectivity index (χ3v) is 8.75. The Kier molecular flexibility index (Phi) is 7.31.